The number of halogens is 1. The molecule has 1 aromatic heterocycles. The largest absolute Gasteiger partial charge is 0.357 e. The van der Waals surface area contributed by atoms with Crippen LogP contribution in [0.1, 0.15) is 37.7 Å². The molecule has 2 rings (SSSR count). The molecule has 0 saturated heterocycles. The van der Waals surface area contributed by atoms with Crippen LogP contribution in [0.5, 0.6) is 0 Å². The van der Waals surface area contributed by atoms with Gasteiger partial charge in [0, 0.05) is 19.6 Å². The van der Waals surface area contributed by atoms with E-state index in [1.165, 1.54) is 6.33 Å². The molecule has 2 aromatic rings. The molecule has 0 amide bonds. The van der Waals surface area contributed by atoms with Crippen LogP contribution >= 0.6 is 24.0 Å². The van der Waals surface area contributed by atoms with Crippen LogP contribution in [0.25, 0.3) is 0 Å². The Hall–Kier alpha value is -1.73. The van der Waals surface area contributed by atoms with E-state index >= 15 is 0 Å². The van der Waals surface area contributed by atoms with E-state index in [1.807, 2.05) is 38.2 Å². The molecule has 11 heteroatoms. The van der Waals surface area contributed by atoms with Gasteiger partial charge in [-0.2, -0.15) is 5.10 Å². The average molecular weight is 535 g/mol. The Morgan fingerprint density at radius 3 is 2.38 bits per heavy atom. The molecular formula is C18H30IN7O2S. The number of aromatic nitrogens is 3. The first kappa shape index (κ1) is 25.3. The lowest BCUT2D eigenvalue weighted by Crippen LogP contribution is -2.37. The van der Waals surface area contributed by atoms with Gasteiger partial charge in [0.25, 0.3) is 0 Å². The number of nitrogens with zero attached hydrogens (tertiary/aromatic N) is 4. The fraction of sp³-hybridized carbons (Fsp3) is 0.500. The number of nitrogens with one attached hydrogen (secondary N) is 3. The SMILES string of the molecule is CCNC(=NCc1ccc(CS(=O)(=O)NC(C)C)cc1)NCc1ncnn1C.I. The molecule has 9 nitrogen and oxygen atoms in total. The monoisotopic (exact) mass is 535 g/mol. The average Bonchev–Trinajstić information content (AvgIpc) is 3.02. The molecule has 1 aromatic carbocycles. The minimum atomic E-state index is -3.32. The highest BCUT2D eigenvalue weighted by Crippen LogP contribution is 2.09. The zero-order chi connectivity index (χ0) is 20.6. The van der Waals surface area contributed by atoms with E-state index in [9.17, 15) is 8.42 Å². The molecule has 0 bridgehead atoms. The predicted molar refractivity (Wildman–Crippen MR) is 125 cm³/mol. The third-order valence-corrected chi connectivity index (χ3v) is 5.32. The molecule has 29 heavy (non-hydrogen) atoms. The summed E-state index contributed by atoms with van der Waals surface area (Å²) in [6.07, 6.45) is 1.51. The Morgan fingerprint density at radius 2 is 1.83 bits per heavy atom. The maximum atomic E-state index is 12.0. The van der Waals surface area contributed by atoms with Crippen LogP contribution in [-0.2, 0) is 35.9 Å². The van der Waals surface area contributed by atoms with Gasteiger partial charge in [0.1, 0.15) is 12.2 Å². The van der Waals surface area contributed by atoms with Gasteiger partial charge in [-0.15, -0.1) is 24.0 Å². The molecule has 1 heterocycles. The number of benzene rings is 1. The lowest BCUT2D eigenvalue weighted by Gasteiger charge is -2.11. The van der Waals surface area contributed by atoms with Gasteiger partial charge < -0.3 is 10.6 Å². The van der Waals surface area contributed by atoms with Gasteiger partial charge in [-0.25, -0.2) is 23.1 Å². The zero-order valence-corrected chi connectivity index (χ0v) is 20.4. The Labute approximate surface area is 189 Å². The van der Waals surface area contributed by atoms with Crippen molar-refractivity contribution in [3.8, 4) is 0 Å². The first-order valence-corrected chi connectivity index (χ1v) is 10.9. The molecule has 0 unspecified atom stereocenters. The van der Waals surface area contributed by atoms with Crippen LogP contribution in [0.2, 0.25) is 0 Å². The van der Waals surface area contributed by atoms with E-state index in [0.29, 0.717) is 19.0 Å². The van der Waals surface area contributed by atoms with Gasteiger partial charge in [0.05, 0.1) is 18.8 Å². The van der Waals surface area contributed by atoms with Crippen LogP contribution in [0.3, 0.4) is 0 Å². The summed E-state index contributed by atoms with van der Waals surface area (Å²) in [6.45, 7) is 7.34. The fourth-order valence-corrected chi connectivity index (χ4v) is 3.95. The quantitative estimate of drug-likeness (QED) is 0.255. The normalized spacial score (nSPS) is 12.0. The lowest BCUT2D eigenvalue weighted by molar-refractivity contribution is 0.569. The van der Waals surface area contributed by atoms with Crippen molar-refractivity contribution in [2.75, 3.05) is 6.54 Å². The van der Waals surface area contributed by atoms with Crippen LogP contribution in [0, 0.1) is 0 Å². The molecule has 0 fully saturated rings. The molecule has 0 aliphatic rings. The van der Waals surface area contributed by atoms with E-state index in [1.54, 1.807) is 18.5 Å². The zero-order valence-electron chi connectivity index (χ0n) is 17.2. The van der Waals surface area contributed by atoms with Crippen molar-refractivity contribution < 1.29 is 8.42 Å². The molecule has 3 N–H and O–H groups in total. The second-order valence-corrected chi connectivity index (χ2v) is 8.45. The van der Waals surface area contributed by atoms with Gasteiger partial charge >= 0.3 is 0 Å². The summed E-state index contributed by atoms with van der Waals surface area (Å²) in [5, 5.41) is 10.5. The minimum absolute atomic E-state index is 0. The Bertz CT molecular complexity index is 880. The van der Waals surface area contributed by atoms with Crippen LogP contribution in [0.4, 0.5) is 0 Å². The number of guanidine groups is 1. The summed E-state index contributed by atoms with van der Waals surface area (Å²) in [5.74, 6) is 1.46. The first-order valence-electron chi connectivity index (χ1n) is 9.22. The fourth-order valence-electron chi connectivity index (χ4n) is 2.52. The van der Waals surface area contributed by atoms with E-state index < -0.39 is 10.0 Å². The van der Waals surface area contributed by atoms with Crippen molar-refractivity contribution in [3.05, 3.63) is 47.5 Å². The molecule has 0 atom stereocenters. The van der Waals surface area contributed by atoms with Crippen LogP contribution in [-0.4, -0.2) is 41.7 Å². The van der Waals surface area contributed by atoms with E-state index in [4.69, 9.17) is 0 Å². The number of hydrogen-bond donors (Lipinski definition) is 3. The standard InChI is InChI=1S/C18H29N7O2S.HI/c1-5-19-18(21-11-17-22-13-23-25(17)4)20-10-15-6-8-16(9-7-15)12-28(26,27)24-14(2)3;/h6-9,13-14,24H,5,10-12H2,1-4H3,(H2,19,20,21);1H. The number of aryl methyl sites for hydroxylation is 1. The van der Waals surface area contributed by atoms with Crippen molar-refractivity contribution in [1.82, 2.24) is 30.1 Å². The number of rotatable bonds is 9. The number of aliphatic imine (C=N–C) groups is 1. The van der Waals surface area contributed by atoms with Crippen molar-refractivity contribution in [3.63, 3.8) is 0 Å². The predicted octanol–water partition coefficient (Wildman–Crippen LogP) is 1.52. The summed E-state index contributed by atoms with van der Waals surface area (Å²) >= 11 is 0. The van der Waals surface area contributed by atoms with E-state index in [2.05, 4.69) is 30.4 Å². The molecular weight excluding hydrogens is 505 g/mol. The van der Waals surface area contributed by atoms with Crippen molar-refractivity contribution in [1.29, 1.82) is 0 Å². The van der Waals surface area contributed by atoms with Gasteiger partial charge in [-0.3, -0.25) is 4.68 Å². The summed E-state index contributed by atoms with van der Waals surface area (Å²) in [5.41, 5.74) is 1.74. The van der Waals surface area contributed by atoms with Gasteiger partial charge in [-0.1, -0.05) is 24.3 Å². The third-order valence-electron chi connectivity index (χ3n) is 3.78. The molecule has 0 saturated carbocycles. The topological polar surface area (TPSA) is 113 Å². The van der Waals surface area contributed by atoms with Gasteiger partial charge in [0.2, 0.25) is 10.0 Å². The van der Waals surface area contributed by atoms with Gasteiger partial charge in [-0.05, 0) is 31.9 Å². The van der Waals surface area contributed by atoms with Crippen molar-refractivity contribution >= 4 is 40.0 Å². The molecule has 162 valence electrons. The summed E-state index contributed by atoms with van der Waals surface area (Å²) in [4.78, 5) is 8.74. The maximum absolute atomic E-state index is 12.0. The molecule has 0 aliphatic carbocycles. The maximum Gasteiger partial charge on any atom is 0.216 e. The Balaban J connectivity index is 0.00000420. The third kappa shape index (κ3) is 9.09. The molecule has 0 spiro atoms. The van der Waals surface area contributed by atoms with Crippen molar-refractivity contribution in [2.45, 2.75) is 45.7 Å². The van der Waals surface area contributed by atoms with E-state index in [-0.39, 0.29) is 35.8 Å². The molecule has 0 radical (unpaired) electrons. The Morgan fingerprint density at radius 1 is 1.17 bits per heavy atom. The first-order chi connectivity index (χ1) is 13.3. The highest BCUT2D eigenvalue weighted by molar-refractivity contribution is 14.0. The minimum Gasteiger partial charge on any atom is -0.357 e. The second kappa shape index (κ2) is 12.1. The second-order valence-electron chi connectivity index (χ2n) is 6.70. The van der Waals surface area contributed by atoms with Crippen molar-refractivity contribution in [2.24, 2.45) is 12.0 Å². The lowest BCUT2D eigenvalue weighted by atomic mass is 10.1. The number of sulfonamides is 1. The Kier molecular flexibility index (Phi) is 10.5. The van der Waals surface area contributed by atoms with Crippen LogP contribution < -0.4 is 15.4 Å². The van der Waals surface area contributed by atoms with Crippen LogP contribution in [0.15, 0.2) is 35.6 Å². The summed E-state index contributed by atoms with van der Waals surface area (Å²) < 4.78 is 28.3. The summed E-state index contributed by atoms with van der Waals surface area (Å²) in [6, 6.07) is 7.33. The highest BCUT2D eigenvalue weighted by Gasteiger charge is 2.12. The molecule has 0 aliphatic heterocycles. The summed E-state index contributed by atoms with van der Waals surface area (Å²) in [7, 11) is -1.48. The van der Waals surface area contributed by atoms with Gasteiger partial charge in [0.15, 0.2) is 5.96 Å². The smallest absolute Gasteiger partial charge is 0.216 e. The number of hydrogen-bond acceptors (Lipinski definition) is 5. The highest BCUT2D eigenvalue weighted by atomic mass is 127. The van der Waals surface area contributed by atoms with E-state index in [0.717, 1.165) is 23.5 Å².